The van der Waals surface area contributed by atoms with Gasteiger partial charge in [0.25, 0.3) is 0 Å². The summed E-state index contributed by atoms with van der Waals surface area (Å²) in [5.74, 6) is -0.550. The van der Waals surface area contributed by atoms with Crippen LogP contribution in [0.25, 0.3) is 11.8 Å². The Morgan fingerprint density at radius 2 is 1.97 bits per heavy atom. The zero-order valence-corrected chi connectivity index (χ0v) is 21.1. The molecule has 0 saturated carbocycles. The molecule has 4 N–H and O–H groups in total. The molecule has 1 fully saturated rings. The molecule has 2 heterocycles. The summed E-state index contributed by atoms with van der Waals surface area (Å²) >= 11 is 6.18. The van der Waals surface area contributed by atoms with Crippen LogP contribution in [0.5, 0.6) is 0 Å². The molecule has 0 aliphatic carbocycles. The van der Waals surface area contributed by atoms with Crippen molar-refractivity contribution in [2.45, 2.75) is 31.7 Å². The van der Waals surface area contributed by atoms with Gasteiger partial charge in [0, 0.05) is 34.9 Å². The summed E-state index contributed by atoms with van der Waals surface area (Å²) < 4.78 is 1.51. The van der Waals surface area contributed by atoms with Gasteiger partial charge in [-0.3, -0.25) is 4.79 Å². The zero-order chi connectivity index (χ0) is 26.0. The molecule has 37 heavy (non-hydrogen) atoms. The predicted molar refractivity (Wildman–Crippen MR) is 142 cm³/mol. The van der Waals surface area contributed by atoms with Gasteiger partial charge < -0.3 is 21.1 Å². The van der Waals surface area contributed by atoms with Gasteiger partial charge in [-0.25, -0.2) is 4.79 Å². The molecule has 0 bridgehead atoms. The average Bonchev–Trinajstić information content (AvgIpc) is 3.45. The van der Waals surface area contributed by atoms with Crippen LogP contribution in [0.4, 0.5) is 5.69 Å². The Hall–Kier alpha value is -3.76. The summed E-state index contributed by atoms with van der Waals surface area (Å²) in [6.45, 7) is 2.58. The lowest BCUT2D eigenvalue weighted by atomic mass is 9.91. The number of amides is 1. The molecule has 0 radical (unpaired) electrons. The number of hydrogen-bond donors (Lipinski definition) is 4. The van der Waals surface area contributed by atoms with Crippen molar-refractivity contribution in [2.24, 2.45) is 5.92 Å². The van der Waals surface area contributed by atoms with E-state index in [9.17, 15) is 9.59 Å². The number of anilines is 1. The van der Waals surface area contributed by atoms with Crippen LogP contribution in [0, 0.1) is 5.92 Å². The van der Waals surface area contributed by atoms with Crippen LogP contribution in [0.15, 0.2) is 54.9 Å². The van der Waals surface area contributed by atoms with Crippen LogP contribution >= 0.6 is 11.6 Å². The van der Waals surface area contributed by atoms with Crippen molar-refractivity contribution in [2.75, 3.05) is 25.0 Å². The van der Waals surface area contributed by atoms with E-state index in [0.717, 1.165) is 44.5 Å². The second-order valence-corrected chi connectivity index (χ2v) is 9.47. The Morgan fingerprint density at radius 3 is 2.68 bits per heavy atom. The summed E-state index contributed by atoms with van der Waals surface area (Å²) in [6.07, 6.45) is 8.79. The van der Waals surface area contributed by atoms with E-state index in [1.165, 1.54) is 17.1 Å². The maximum absolute atomic E-state index is 12.9. The molecule has 0 unspecified atom stereocenters. The molecular formula is C26H30ClN7O3. The topological polar surface area (TPSA) is 134 Å². The molecule has 2 aromatic carbocycles. The molecule has 1 aliphatic rings. The number of rotatable bonds is 11. The third-order valence-corrected chi connectivity index (χ3v) is 6.65. The van der Waals surface area contributed by atoms with Gasteiger partial charge in [-0.05, 0) is 104 Å². The fourth-order valence-corrected chi connectivity index (χ4v) is 4.54. The van der Waals surface area contributed by atoms with Crippen LogP contribution in [0.3, 0.4) is 0 Å². The van der Waals surface area contributed by atoms with Gasteiger partial charge in [-0.1, -0.05) is 11.6 Å². The number of nitrogens with one attached hydrogen (secondary N) is 3. The van der Waals surface area contributed by atoms with Gasteiger partial charge in [0.1, 0.15) is 6.33 Å². The van der Waals surface area contributed by atoms with E-state index >= 15 is 0 Å². The highest BCUT2D eigenvalue weighted by molar-refractivity contribution is 6.30. The van der Waals surface area contributed by atoms with E-state index in [1.807, 2.05) is 0 Å². The van der Waals surface area contributed by atoms with Gasteiger partial charge in [-0.15, -0.1) is 5.10 Å². The number of benzene rings is 2. The molecule has 1 atom stereocenters. The van der Waals surface area contributed by atoms with Gasteiger partial charge in [-0.2, -0.15) is 4.68 Å². The summed E-state index contributed by atoms with van der Waals surface area (Å²) in [7, 11) is 0. The highest BCUT2D eigenvalue weighted by Gasteiger charge is 2.17. The highest BCUT2D eigenvalue weighted by atomic mass is 35.5. The number of tetrazole rings is 1. The minimum absolute atomic E-state index is 0.107. The predicted octanol–water partition coefficient (Wildman–Crippen LogP) is 3.40. The summed E-state index contributed by atoms with van der Waals surface area (Å²) in [5, 5.41) is 30.7. The zero-order valence-electron chi connectivity index (χ0n) is 20.3. The number of carboxylic acid groups (broad SMARTS) is 1. The summed E-state index contributed by atoms with van der Waals surface area (Å²) in [5.41, 5.74) is 2.44. The van der Waals surface area contributed by atoms with E-state index in [-0.39, 0.29) is 17.5 Å². The summed E-state index contributed by atoms with van der Waals surface area (Å²) in [6, 6.07) is 11.7. The third-order valence-electron chi connectivity index (χ3n) is 6.41. The van der Waals surface area contributed by atoms with E-state index in [2.05, 4.69) is 31.5 Å². The Labute approximate surface area is 220 Å². The second kappa shape index (κ2) is 13.0. The maximum atomic E-state index is 12.9. The molecular weight excluding hydrogens is 494 g/mol. The molecule has 1 amide bonds. The largest absolute Gasteiger partial charge is 0.478 e. The first kappa shape index (κ1) is 26.3. The minimum atomic E-state index is -0.964. The molecule has 11 heteroatoms. The van der Waals surface area contributed by atoms with E-state index in [1.54, 1.807) is 48.5 Å². The molecule has 3 aromatic rings. The van der Waals surface area contributed by atoms with Crippen LogP contribution in [0.2, 0.25) is 5.02 Å². The lowest BCUT2D eigenvalue weighted by Crippen LogP contribution is -2.39. The fraction of sp³-hybridized carbons (Fsp3) is 0.346. The lowest BCUT2D eigenvalue weighted by Gasteiger charge is -2.25. The number of aromatic carboxylic acids is 1. The van der Waals surface area contributed by atoms with E-state index in [0.29, 0.717) is 28.7 Å². The fourth-order valence-electron chi connectivity index (χ4n) is 4.36. The van der Waals surface area contributed by atoms with Crippen molar-refractivity contribution in [3.63, 3.8) is 0 Å². The average molecular weight is 524 g/mol. The van der Waals surface area contributed by atoms with Crippen molar-refractivity contribution in [1.82, 2.24) is 30.8 Å². The number of carbonyl (C=O) groups is 2. The molecule has 1 aliphatic heterocycles. The molecule has 194 valence electrons. The SMILES string of the molecule is O=C(/C=C/c1cc(Cl)ccc1-n1cnnn1)N[C@@H](CCC1CCNCC1)CNc1ccc(C(=O)O)cc1. The third kappa shape index (κ3) is 7.86. The van der Waals surface area contributed by atoms with Gasteiger partial charge in [0.2, 0.25) is 5.91 Å². The normalized spacial score (nSPS) is 14.9. The van der Waals surface area contributed by atoms with Crippen molar-refractivity contribution >= 4 is 35.2 Å². The first-order valence-electron chi connectivity index (χ1n) is 12.3. The number of nitrogens with zero attached hydrogens (tertiary/aromatic N) is 4. The number of carboxylic acids is 1. The van der Waals surface area contributed by atoms with Crippen molar-refractivity contribution in [1.29, 1.82) is 0 Å². The summed E-state index contributed by atoms with van der Waals surface area (Å²) in [4.78, 5) is 24.0. The minimum Gasteiger partial charge on any atom is -0.478 e. The number of halogens is 1. The number of aromatic nitrogens is 4. The number of piperidine rings is 1. The van der Waals surface area contributed by atoms with E-state index in [4.69, 9.17) is 16.7 Å². The first-order valence-corrected chi connectivity index (χ1v) is 12.6. The Bertz CT molecular complexity index is 1210. The Balaban J connectivity index is 1.41. The van der Waals surface area contributed by atoms with Crippen LogP contribution in [-0.4, -0.2) is 62.9 Å². The number of carbonyl (C=O) groups excluding carboxylic acids is 1. The second-order valence-electron chi connectivity index (χ2n) is 9.03. The smallest absolute Gasteiger partial charge is 0.335 e. The maximum Gasteiger partial charge on any atom is 0.335 e. The number of hydrogen-bond acceptors (Lipinski definition) is 7. The monoisotopic (exact) mass is 523 g/mol. The standard InChI is InChI=1S/C26H30ClN7O3/c27-21-5-9-24(34-17-30-32-33-34)20(15-21)4-10-25(35)31-23(6-1-18-11-13-28-14-12-18)16-29-22-7-2-19(3-8-22)26(36)37/h2-5,7-10,15,17-18,23,28-29H,1,6,11-14,16H2,(H,31,35)(H,36,37)/b10-4+/t23-/m0/s1. The van der Waals surface area contributed by atoms with Gasteiger partial charge in [0.05, 0.1) is 11.3 Å². The Kier molecular flexibility index (Phi) is 9.23. The van der Waals surface area contributed by atoms with Crippen LogP contribution < -0.4 is 16.0 Å². The van der Waals surface area contributed by atoms with E-state index < -0.39 is 5.97 Å². The van der Waals surface area contributed by atoms with Crippen LogP contribution in [0.1, 0.15) is 41.6 Å². The Morgan fingerprint density at radius 1 is 1.19 bits per heavy atom. The molecule has 4 rings (SSSR count). The molecule has 0 spiro atoms. The lowest BCUT2D eigenvalue weighted by molar-refractivity contribution is -0.117. The van der Waals surface area contributed by atoms with Crippen molar-refractivity contribution in [3.8, 4) is 5.69 Å². The van der Waals surface area contributed by atoms with Crippen molar-refractivity contribution in [3.05, 3.63) is 71.0 Å². The molecule has 1 aromatic heterocycles. The first-order chi connectivity index (χ1) is 18.0. The van der Waals surface area contributed by atoms with Gasteiger partial charge >= 0.3 is 5.97 Å². The molecule has 1 saturated heterocycles. The van der Waals surface area contributed by atoms with Gasteiger partial charge in [0.15, 0.2) is 0 Å². The van der Waals surface area contributed by atoms with Crippen LogP contribution in [-0.2, 0) is 4.79 Å². The van der Waals surface area contributed by atoms with Crippen molar-refractivity contribution < 1.29 is 14.7 Å². The molecule has 10 nitrogen and oxygen atoms in total. The highest BCUT2D eigenvalue weighted by Crippen LogP contribution is 2.21. The quantitative estimate of drug-likeness (QED) is 0.281.